The Bertz CT molecular complexity index is 521. The molecule has 2 N–H and O–H groups in total. The predicted molar refractivity (Wildman–Crippen MR) is 76.1 cm³/mol. The van der Waals surface area contributed by atoms with E-state index in [0.29, 0.717) is 5.75 Å². The SMILES string of the molecule is Cc1cc(C)c(NCc2ccc(O)cc2)c(C)c1. The molecule has 2 heteroatoms. The number of aromatic hydroxyl groups is 1. The maximum absolute atomic E-state index is 9.24. The standard InChI is InChI=1S/C16H19NO/c1-11-8-12(2)16(13(3)9-11)17-10-14-4-6-15(18)7-5-14/h4-9,17-18H,10H2,1-3H3. The summed E-state index contributed by atoms with van der Waals surface area (Å²) in [7, 11) is 0. The van der Waals surface area contributed by atoms with Gasteiger partial charge in [0.1, 0.15) is 5.75 Å². The van der Waals surface area contributed by atoms with Crippen molar-refractivity contribution in [3.05, 3.63) is 58.7 Å². The zero-order chi connectivity index (χ0) is 13.1. The van der Waals surface area contributed by atoms with Crippen LogP contribution in [-0.2, 0) is 6.54 Å². The first-order valence-electron chi connectivity index (χ1n) is 6.16. The number of benzene rings is 2. The molecule has 0 aliphatic carbocycles. The summed E-state index contributed by atoms with van der Waals surface area (Å²) in [6.45, 7) is 7.13. The van der Waals surface area contributed by atoms with Gasteiger partial charge in [-0.3, -0.25) is 0 Å². The molecule has 0 amide bonds. The Balaban J connectivity index is 2.13. The highest BCUT2D eigenvalue weighted by Gasteiger charge is 2.03. The summed E-state index contributed by atoms with van der Waals surface area (Å²) in [4.78, 5) is 0. The molecule has 2 nitrogen and oxygen atoms in total. The molecule has 0 fully saturated rings. The maximum Gasteiger partial charge on any atom is 0.115 e. The van der Waals surface area contributed by atoms with Crippen LogP contribution in [0.25, 0.3) is 0 Å². The molecule has 18 heavy (non-hydrogen) atoms. The molecule has 0 heterocycles. The Morgan fingerprint density at radius 3 is 2.06 bits per heavy atom. The summed E-state index contributed by atoms with van der Waals surface area (Å²) in [5.41, 5.74) is 6.19. The number of anilines is 1. The summed E-state index contributed by atoms with van der Waals surface area (Å²) >= 11 is 0. The van der Waals surface area contributed by atoms with Crippen molar-refractivity contribution >= 4 is 5.69 Å². The first-order chi connectivity index (χ1) is 8.56. The molecule has 0 atom stereocenters. The lowest BCUT2D eigenvalue weighted by molar-refractivity contribution is 0.475. The van der Waals surface area contributed by atoms with E-state index in [4.69, 9.17) is 0 Å². The number of rotatable bonds is 3. The quantitative estimate of drug-likeness (QED) is 0.853. The first kappa shape index (κ1) is 12.5. The topological polar surface area (TPSA) is 32.3 Å². The molecule has 0 unspecified atom stereocenters. The second kappa shape index (κ2) is 5.13. The zero-order valence-corrected chi connectivity index (χ0v) is 11.1. The number of hydrogen-bond donors (Lipinski definition) is 2. The fourth-order valence-corrected chi connectivity index (χ4v) is 2.26. The van der Waals surface area contributed by atoms with Crippen molar-refractivity contribution in [3.8, 4) is 5.75 Å². The average Bonchev–Trinajstić information content (AvgIpc) is 2.30. The zero-order valence-electron chi connectivity index (χ0n) is 11.1. The minimum atomic E-state index is 0.307. The third-order valence-electron chi connectivity index (χ3n) is 3.08. The molecule has 0 aromatic heterocycles. The van der Waals surface area contributed by atoms with Gasteiger partial charge in [-0.2, -0.15) is 0 Å². The van der Waals surface area contributed by atoms with Crippen molar-refractivity contribution in [2.24, 2.45) is 0 Å². The van der Waals surface area contributed by atoms with Crippen molar-refractivity contribution in [1.29, 1.82) is 0 Å². The Hall–Kier alpha value is -1.96. The number of aryl methyl sites for hydroxylation is 3. The van der Waals surface area contributed by atoms with Crippen LogP contribution in [0.2, 0.25) is 0 Å². The summed E-state index contributed by atoms with van der Waals surface area (Å²) in [5.74, 6) is 0.307. The van der Waals surface area contributed by atoms with Gasteiger partial charge in [0, 0.05) is 12.2 Å². The number of phenolic OH excluding ortho intramolecular Hbond substituents is 1. The van der Waals surface area contributed by atoms with Gasteiger partial charge in [0.25, 0.3) is 0 Å². The van der Waals surface area contributed by atoms with E-state index in [1.165, 1.54) is 22.4 Å². The minimum absolute atomic E-state index is 0.307. The molecular formula is C16H19NO. The summed E-state index contributed by atoms with van der Waals surface area (Å²) in [5, 5.41) is 12.7. The second-order valence-electron chi connectivity index (χ2n) is 4.79. The van der Waals surface area contributed by atoms with Gasteiger partial charge >= 0.3 is 0 Å². The van der Waals surface area contributed by atoms with Crippen molar-refractivity contribution in [2.75, 3.05) is 5.32 Å². The molecule has 0 aliphatic heterocycles. The Morgan fingerprint density at radius 2 is 1.50 bits per heavy atom. The van der Waals surface area contributed by atoms with Crippen LogP contribution in [0.1, 0.15) is 22.3 Å². The molecule has 0 spiro atoms. The Labute approximate surface area is 108 Å². The first-order valence-corrected chi connectivity index (χ1v) is 6.16. The van der Waals surface area contributed by atoms with E-state index in [9.17, 15) is 5.11 Å². The molecule has 2 rings (SSSR count). The number of phenols is 1. The predicted octanol–water partition coefficient (Wildman–Crippen LogP) is 3.93. The fraction of sp³-hybridized carbons (Fsp3) is 0.250. The maximum atomic E-state index is 9.24. The largest absolute Gasteiger partial charge is 0.508 e. The van der Waals surface area contributed by atoms with Crippen LogP contribution >= 0.6 is 0 Å². The second-order valence-corrected chi connectivity index (χ2v) is 4.79. The van der Waals surface area contributed by atoms with Gasteiger partial charge in [-0.05, 0) is 49.6 Å². The van der Waals surface area contributed by atoms with Crippen LogP contribution in [0, 0.1) is 20.8 Å². The number of nitrogens with one attached hydrogen (secondary N) is 1. The lowest BCUT2D eigenvalue weighted by atomic mass is 10.0. The fourth-order valence-electron chi connectivity index (χ4n) is 2.26. The van der Waals surface area contributed by atoms with Gasteiger partial charge in [-0.1, -0.05) is 29.8 Å². The van der Waals surface area contributed by atoms with E-state index in [-0.39, 0.29) is 0 Å². The highest BCUT2D eigenvalue weighted by atomic mass is 16.3. The Morgan fingerprint density at radius 1 is 0.944 bits per heavy atom. The van der Waals surface area contributed by atoms with Crippen LogP contribution < -0.4 is 5.32 Å². The van der Waals surface area contributed by atoms with Gasteiger partial charge < -0.3 is 10.4 Å². The molecule has 0 saturated carbocycles. The van der Waals surface area contributed by atoms with E-state index in [1.54, 1.807) is 12.1 Å². The average molecular weight is 241 g/mol. The lowest BCUT2D eigenvalue weighted by Gasteiger charge is -2.14. The van der Waals surface area contributed by atoms with E-state index in [0.717, 1.165) is 12.1 Å². The van der Waals surface area contributed by atoms with E-state index in [1.807, 2.05) is 12.1 Å². The highest BCUT2D eigenvalue weighted by molar-refractivity contribution is 5.58. The van der Waals surface area contributed by atoms with E-state index in [2.05, 4.69) is 38.2 Å². The smallest absolute Gasteiger partial charge is 0.115 e. The molecule has 0 aliphatic rings. The van der Waals surface area contributed by atoms with Gasteiger partial charge in [0.2, 0.25) is 0 Å². The van der Waals surface area contributed by atoms with Crippen LogP contribution in [0.15, 0.2) is 36.4 Å². The van der Waals surface area contributed by atoms with Crippen LogP contribution in [0.4, 0.5) is 5.69 Å². The van der Waals surface area contributed by atoms with Gasteiger partial charge in [0.05, 0.1) is 0 Å². The molecule has 0 bridgehead atoms. The third-order valence-corrected chi connectivity index (χ3v) is 3.08. The van der Waals surface area contributed by atoms with Crippen LogP contribution in [-0.4, -0.2) is 5.11 Å². The van der Waals surface area contributed by atoms with E-state index < -0.39 is 0 Å². The molecule has 94 valence electrons. The van der Waals surface area contributed by atoms with Crippen LogP contribution in [0.3, 0.4) is 0 Å². The molecule has 2 aromatic rings. The minimum Gasteiger partial charge on any atom is -0.508 e. The molecule has 0 saturated heterocycles. The van der Waals surface area contributed by atoms with Crippen molar-refractivity contribution < 1.29 is 5.11 Å². The molecular weight excluding hydrogens is 222 g/mol. The lowest BCUT2D eigenvalue weighted by Crippen LogP contribution is -2.03. The summed E-state index contributed by atoms with van der Waals surface area (Å²) in [6, 6.07) is 11.7. The molecule has 0 radical (unpaired) electrons. The summed E-state index contributed by atoms with van der Waals surface area (Å²) < 4.78 is 0. The third kappa shape index (κ3) is 2.83. The van der Waals surface area contributed by atoms with Gasteiger partial charge in [-0.25, -0.2) is 0 Å². The normalized spacial score (nSPS) is 10.4. The number of hydrogen-bond acceptors (Lipinski definition) is 2. The highest BCUT2D eigenvalue weighted by Crippen LogP contribution is 2.22. The van der Waals surface area contributed by atoms with Gasteiger partial charge in [-0.15, -0.1) is 0 Å². The van der Waals surface area contributed by atoms with E-state index >= 15 is 0 Å². The van der Waals surface area contributed by atoms with Crippen molar-refractivity contribution in [2.45, 2.75) is 27.3 Å². The Kier molecular flexibility index (Phi) is 3.56. The van der Waals surface area contributed by atoms with Gasteiger partial charge in [0.15, 0.2) is 0 Å². The van der Waals surface area contributed by atoms with Crippen molar-refractivity contribution in [3.63, 3.8) is 0 Å². The summed E-state index contributed by atoms with van der Waals surface area (Å²) in [6.07, 6.45) is 0. The van der Waals surface area contributed by atoms with Crippen LogP contribution in [0.5, 0.6) is 5.75 Å². The monoisotopic (exact) mass is 241 g/mol. The molecule has 2 aromatic carbocycles. The van der Waals surface area contributed by atoms with Crippen molar-refractivity contribution in [1.82, 2.24) is 0 Å².